The summed E-state index contributed by atoms with van der Waals surface area (Å²) in [4.78, 5) is 13.8. The van der Waals surface area contributed by atoms with E-state index >= 15 is 0 Å². The van der Waals surface area contributed by atoms with E-state index in [4.69, 9.17) is 4.74 Å². The molecule has 1 aromatic carbocycles. The number of methoxy groups -OCH3 is 1. The molecule has 5 heteroatoms. The normalized spacial score (nSPS) is 20.3. The second-order valence-electron chi connectivity index (χ2n) is 3.60. The number of alkyl halides is 1. The van der Waals surface area contributed by atoms with E-state index in [1.54, 1.807) is 12.0 Å². The monoisotopic (exact) mass is 347 g/mol. The first kappa shape index (κ1) is 11.9. The maximum absolute atomic E-state index is 11.8. The maximum Gasteiger partial charge on any atom is 0.228 e. The van der Waals surface area contributed by atoms with Gasteiger partial charge in [0.2, 0.25) is 5.91 Å². The van der Waals surface area contributed by atoms with E-state index in [2.05, 4.69) is 31.9 Å². The van der Waals surface area contributed by atoms with Gasteiger partial charge in [0.1, 0.15) is 5.75 Å². The molecule has 0 aliphatic carbocycles. The minimum absolute atomic E-state index is 0.135. The van der Waals surface area contributed by atoms with Gasteiger partial charge in [-0.2, -0.15) is 0 Å². The molecule has 1 unspecified atom stereocenters. The molecule has 16 heavy (non-hydrogen) atoms. The molecule has 0 radical (unpaired) electrons. The molecule has 1 amide bonds. The summed E-state index contributed by atoms with van der Waals surface area (Å²) in [7, 11) is 1.61. The lowest BCUT2D eigenvalue weighted by Crippen LogP contribution is -2.24. The highest BCUT2D eigenvalue weighted by Gasteiger charge is 2.30. The number of ether oxygens (including phenoxy) is 1. The molecule has 86 valence electrons. The average molecular weight is 349 g/mol. The zero-order chi connectivity index (χ0) is 11.7. The Kier molecular flexibility index (Phi) is 3.54. The highest BCUT2D eigenvalue weighted by molar-refractivity contribution is 9.10. The summed E-state index contributed by atoms with van der Waals surface area (Å²) in [5.41, 5.74) is 0.867. The van der Waals surface area contributed by atoms with Gasteiger partial charge in [0.05, 0.1) is 17.3 Å². The van der Waals surface area contributed by atoms with Crippen LogP contribution in [0.5, 0.6) is 5.75 Å². The van der Waals surface area contributed by atoms with E-state index in [9.17, 15) is 4.79 Å². The molecular formula is C11H11Br2NO2. The third-order valence-electron chi connectivity index (χ3n) is 2.53. The van der Waals surface area contributed by atoms with Crippen LogP contribution < -0.4 is 9.64 Å². The van der Waals surface area contributed by atoms with Gasteiger partial charge in [-0.3, -0.25) is 4.79 Å². The van der Waals surface area contributed by atoms with Gasteiger partial charge in [0, 0.05) is 17.8 Å². The van der Waals surface area contributed by atoms with Crippen molar-refractivity contribution in [1.82, 2.24) is 0 Å². The van der Waals surface area contributed by atoms with Crippen LogP contribution in [0.2, 0.25) is 0 Å². The smallest absolute Gasteiger partial charge is 0.228 e. The fourth-order valence-corrected chi connectivity index (χ4v) is 2.97. The SMILES string of the molecule is COc1cccc(N2CC(Br)CC2=O)c1Br. The number of amides is 1. The summed E-state index contributed by atoms with van der Waals surface area (Å²) >= 11 is 6.93. The Morgan fingerprint density at radius 3 is 2.81 bits per heavy atom. The van der Waals surface area contributed by atoms with Gasteiger partial charge in [0.15, 0.2) is 0 Å². The van der Waals surface area contributed by atoms with Crippen LogP contribution in [-0.4, -0.2) is 24.4 Å². The number of anilines is 1. The molecule has 3 nitrogen and oxygen atoms in total. The van der Waals surface area contributed by atoms with Crippen LogP contribution in [0.25, 0.3) is 0 Å². The number of halogens is 2. The largest absolute Gasteiger partial charge is 0.495 e. The van der Waals surface area contributed by atoms with Crippen LogP contribution in [0.15, 0.2) is 22.7 Å². The van der Waals surface area contributed by atoms with Crippen LogP contribution in [0.1, 0.15) is 6.42 Å². The second-order valence-corrected chi connectivity index (χ2v) is 5.69. The predicted octanol–water partition coefficient (Wildman–Crippen LogP) is 2.96. The summed E-state index contributed by atoms with van der Waals surface area (Å²) < 4.78 is 6.04. The lowest BCUT2D eigenvalue weighted by atomic mass is 10.3. The highest BCUT2D eigenvalue weighted by atomic mass is 79.9. The van der Waals surface area contributed by atoms with Gasteiger partial charge >= 0.3 is 0 Å². The third-order valence-corrected chi connectivity index (χ3v) is 3.94. The Morgan fingerprint density at radius 2 is 2.25 bits per heavy atom. The molecule has 0 saturated carbocycles. The van der Waals surface area contributed by atoms with Crippen LogP contribution in [0, 0.1) is 0 Å². The number of hydrogen-bond acceptors (Lipinski definition) is 2. The van der Waals surface area contributed by atoms with Gasteiger partial charge in [0.25, 0.3) is 0 Å². The molecule has 1 fully saturated rings. The van der Waals surface area contributed by atoms with Crippen molar-refractivity contribution in [2.24, 2.45) is 0 Å². The van der Waals surface area contributed by atoms with Crippen molar-refractivity contribution in [3.05, 3.63) is 22.7 Å². The number of benzene rings is 1. The summed E-state index contributed by atoms with van der Waals surface area (Å²) in [6, 6.07) is 5.66. The van der Waals surface area contributed by atoms with Crippen LogP contribution in [0.3, 0.4) is 0 Å². The van der Waals surface area contributed by atoms with Crippen LogP contribution >= 0.6 is 31.9 Å². The topological polar surface area (TPSA) is 29.5 Å². The van der Waals surface area contributed by atoms with Crippen molar-refractivity contribution >= 4 is 43.5 Å². The van der Waals surface area contributed by atoms with Gasteiger partial charge in [-0.05, 0) is 28.1 Å². The Morgan fingerprint density at radius 1 is 1.50 bits per heavy atom. The number of carbonyl (C=O) groups excluding carboxylic acids is 1. The molecule has 1 saturated heterocycles. The lowest BCUT2D eigenvalue weighted by molar-refractivity contribution is -0.117. The van der Waals surface area contributed by atoms with Crippen molar-refractivity contribution in [2.45, 2.75) is 11.2 Å². The van der Waals surface area contributed by atoms with E-state index in [0.717, 1.165) is 15.9 Å². The molecule has 0 spiro atoms. The molecule has 1 aliphatic heterocycles. The fourth-order valence-electron chi connectivity index (χ4n) is 1.76. The number of nitrogens with zero attached hydrogens (tertiary/aromatic N) is 1. The second kappa shape index (κ2) is 4.75. The Balaban J connectivity index is 2.37. The average Bonchev–Trinajstić information content (AvgIpc) is 2.58. The van der Waals surface area contributed by atoms with Crippen molar-refractivity contribution < 1.29 is 9.53 Å². The quantitative estimate of drug-likeness (QED) is 0.769. The van der Waals surface area contributed by atoms with E-state index in [-0.39, 0.29) is 10.7 Å². The predicted molar refractivity (Wildman–Crippen MR) is 70.4 cm³/mol. The van der Waals surface area contributed by atoms with Gasteiger partial charge < -0.3 is 9.64 Å². The summed E-state index contributed by atoms with van der Waals surface area (Å²) in [6.07, 6.45) is 0.545. The standard InChI is InChI=1S/C11H11Br2NO2/c1-16-9-4-2-3-8(11(9)13)14-6-7(12)5-10(14)15/h2-4,7H,5-6H2,1H3. The van der Waals surface area contributed by atoms with Gasteiger partial charge in [-0.25, -0.2) is 0 Å². The molecule has 1 aliphatic rings. The summed E-state index contributed by atoms with van der Waals surface area (Å²) in [5, 5.41) is 0. The Bertz CT molecular complexity index is 422. The van der Waals surface area contributed by atoms with Crippen molar-refractivity contribution in [1.29, 1.82) is 0 Å². The first-order valence-electron chi connectivity index (χ1n) is 4.90. The molecule has 0 aromatic heterocycles. The molecule has 0 N–H and O–H groups in total. The van der Waals surface area contributed by atoms with Crippen molar-refractivity contribution in [2.75, 3.05) is 18.6 Å². The lowest BCUT2D eigenvalue weighted by Gasteiger charge is -2.18. The van der Waals surface area contributed by atoms with Crippen LogP contribution in [-0.2, 0) is 4.79 Å². The Hall–Kier alpha value is -0.550. The van der Waals surface area contributed by atoms with Crippen molar-refractivity contribution in [3.63, 3.8) is 0 Å². The first-order chi connectivity index (χ1) is 7.63. The number of rotatable bonds is 2. The van der Waals surface area contributed by atoms with Crippen molar-refractivity contribution in [3.8, 4) is 5.75 Å². The van der Waals surface area contributed by atoms with Crippen LogP contribution in [0.4, 0.5) is 5.69 Å². The Labute approximate surface area is 111 Å². The first-order valence-corrected chi connectivity index (χ1v) is 6.61. The maximum atomic E-state index is 11.8. The van der Waals surface area contributed by atoms with E-state index in [0.29, 0.717) is 13.0 Å². The zero-order valence-corrected chi connectivity index (χ0v) is 11.9. The van der Waals surface area contributed by atoms with E-state index in [1.165, 1.54) is 0 Å². The molecule has 1 aromatic rings. The molecular weight excluding hydrogens is 338 g/mol. The van der Waals surface area contributed by atoms with Gasteiger partial charge in [-0.1, -0.05) is 22.0 Å². The fraction of sp³-hybridized carbons (Fsp3) is 0.364. The zero-order valence-electron chi connectivity index (χ0n) is 8.74. The molecule has 1 atom stereocenters. The molecule has 2 rings (SSSR count). The van der Waals surface area contributed by atoms with E-state index in [1.807, 2.05) is 18.2 Å². The number of carbonyl (C=O) groups is 1. The molecule has 1 heterocycles. The third kappa shape index (κ3) is 2.11. The summed E-state index contributed by atoms with van der Waals surface area (Å²) in [6.45, 7) is 0.699. The molecule has 0 bridgehead atoms. The number of hydrogen-bond donors (Lipinski definition) is 0. The summed E-state index contributed by atoms with van der Waals surface area (Å²) in [5.74, 6) is 0.874. The minimum Gasteiger partial charge on any atom is -0.495 e. The van der Waals surface area contributed by atoms with E-state index < -0.39 is 0 Å². The van der Waals surface area contributed by atoms with Gasteiger partial charge in [-0.15, -0.1) is 0 Å². The highest BCUT2D eigenvalue weighted by Crippen LogP contribution is 2.37. The minimum atomic E-state index is 0.135.